The quantitative estimate of drug-likeness (QED) is 0.841. The van der Waals surface area contributed by atoms with Crippen LogP contribution in [0, 0.1) is 0 Å². The minimum atomic E-state index is -2.88. The number of fused-ring (bicyclic) bond motifs is 1. The molecule has 3 nitrogen and oxygen atoms in total. The SMILES string of the molecule is CN(C)C1(c2ccc3ccccc3c2)CS(=O)(=O)C1. The Morgan fingerprint density at radius 2 is 1.63 bits per heavy atom. The second-order valence-corrected chi connectivity index (χ2v) is 7.58. The first-order chi connectivity index (χ1) is 8.93. The van der Waals surface area contributed by atoms with Gasteiger partial charge in [0.15, 0.2) is 9.84 Å². The third-order valence-electron chi connectivity index (χ3n) is 4.06. The molecule has 0 bridgehead atoms. The summed E-state index contributed by atoms with van der Waals surface area (Å²) >= 11 is 0. The van der Waals surface area contributed by atoms with Crippen molar-refractivity contribution in [2.75, 3.05) is 25.6 Å². The summed E-state index contributed by atoms with van der Waals surface area (Å²) < 4.78 is 23.2. The second-order valence-electron chi connectivity index (χ2n) is 5.52. The van der Waals surface area contributed by atoms with Gasteiger partial charge >= 0.3 is 0 Å². The fourth-order valence-corrected chi connectivity index (χ4v) is 5.07. The van der Waals surface area contributed by atoms with Crippen molar-refractivity contribution in [3.05, 3.63) is 48.0 Å². The van der Waals surface area contributed by atoms with Crippen LogP contribution < -0.4 is 0 Å². The highest BCUT2D eigenvalue weighted by atomic mass is 32.2. The van der Waals surface area contributed by atoms with Crippen LogP contribution in [0.4, 0.5) is 0 Å². The smallest absolute Gasteiger partial charge is 0.154 e. The zero-order chi connectivity index (χ0) is 13.7. The number of hydrogen-bond donors (Lipinski definition) is 0. The van der Waals surface area contributed by atoms with E-state index in [1.165, 1.54) is 5.39 Å². The average molecular weight is 275 g/mol. The van der Waals surface area contributed by atoms with Crippen LogP contribution in [0.2, 0.25) is 0 Å². The van der Waals surface area contributed by atoms with Crippen molar-refractivity contribution in [2.45, 2.75) is 5.54 Å². The molecule has 0 radical (unpaired) electrons. The summed E-state index contributed by atoms with van der Waals surface area (Å²) in [6.07, 6.45) is 0. The van der Waals surface area contributed by atoms with Crippen molar-refractivity contribution < 1.29 is 8.42 Å². The minimum absolute atomic E-state index is 0.214. The van der Waals surface area contributed by atoms with E-state index in [1.54, 1.807) is 0 Å². The van der Waals surface area contributed by atoms with Gasteiger partial charge in [-0.2, -0.15) is 0 Å². The maximum Gasteiger partial charge on any atom is 0.154 e. The Morgan fingerprint density at radius 1 is 1.00 bits per heavy atom. The van der Waals surface area contributed by atoms with Crippen molar-refractivity contribution in [1.82, 2.24) is 4.90 Å². The average Bonchev–Trinajstić information content (AvgIpc) is 2.34. The molecule has 3 rings (SSSR count). The van der Waals surface area contributed by atoms with Gasteiger partial charge in [0.05, 0.1) is 17.0 Å². The fourth-order valence-electron chi connectivity index (χ4n) is 2.85. The second kappa shape index (κ2) is 4.05. The highest BCUT2D eigenvalue weighted by Crippen LogP contribution is 2.39. The Morgan fingerprint density at radius 3 is 2.21 bits per heavy atom. The highest BCUT2D eigenvalue weighted by Gasteiger charge is 2.51. The van der Waals surface area contributed by atoms with Crippen LogP contribution in [0.25, 0.3) is 10.8 Å². The van der Waals surface area contributed by atoms with E-state index in [0.29, 0.717) is 0 Å². The Hall–Kier alpha value is -1.39. The molecule has 1 aliphatic rings. The van der Waals surface area contributed by atoms with E-state index in [-0.39, 0.29) is 17.0 Å². The summed E-state index contributed by atoms with van der Waals surface area (Å²) in [5.74, 6) is 0.427. The van der Waals surface area contributed by atoms with Gasteiger partial charge in [0, 0.05) is 0 Å². The molecule has 1 fully saturated rings. The standard InChI is InChI=1S/C15H17NO2S/c1-16(2)15(10-19(17,18)11-15)14-8-7-12-5-3-4-6-13(12)9-14/h3-9H,10-11H2,1-2H3. The molecule has 2 aromatic carbocycles. The molecule has 0 spiro atoms. The van der Waals surface area contributed by atoms with Crippen LogP contribution in [-0.2, 0) is 15.4 Å². The van der Waals surface area contributed by atoms with E-state index >= 15 is 0 Å². The van der Waals surface area contributed by atoms with Crippen LogP contribution >= 0.6 is 0 Å². The molecule has 1 aliphatic heterocycles. The summed E-state index contributed by atoms with van der Waals surface area (Å²) in [7, 11) is 1.02. The molecular weight excluding hydrogens is 258 g/mol. The van der Waals surface area contributed by atoms with Crippen LogP contribution in [0.15, 0.2) is 42.5 Å². The topological polar surface area (TPSA) is 37.4 Å². The van der Waals surface area contributed by atoms with Gasteiger partial charge < -0.3 is 0 Å². The van der Waals surface area contributed by atoms with E-state index < -0.39 is 9.84 Å². The summed E-state index contributed by atoms with van der Waals surface area (Å²) in [5, 5.41) is 2.34. The van der Waals surface area contributed by atoms with Crippen molar-refractivity contribution in [2.24, 2.45) is 0 Å². The molecule has 0 aliphatic carbocycles. The lowest BCUT2D eigenvalue weighted by atomic mass is 9.90. The molecule has 0 unspecified atom stereocenters. The Labute approximate surface area is 113 Å². The number of nitrogens with zero attached hydrogens (tertiary/aromatic N) is 1. The highest BCUT2D eigenvalue weighted by molar-refractivity contribution is 7.93. The molecule has 1 heterocycles. The normalized spacial score (nSPS) is 20.4. The van der Waals surface area contributed by atoms with Crippen LogP contribution in [0.1, 0.15) is 5.56 Å². The van der Waals surface area contributed by atoms with Crippen LogP contribution in [0.3, 0.4) is 0 Å². The predicted octanol–water partition coefficient (Wildman–Crippen LogP) is 2.03. The van der Waals surface area contributed by atoms with Gasteiger partial charge in [0.2, 0.25) is 0 Å². The van der Waals surface area contributed by atoms with E-state index in [2.05, 4.69) is 30.3 Å². The van der Waals surface area contributed by atoms with Gasteiger partial charge in [-0.15, -0.1) is 0 Å². The minimum Gasteiger partial charge on any atom is -0.298 e. The van der Waals surface area contributed by atoms with Gasteiger partial charge in [0.25, 0.3) is 0 Å². The molecule has 19 heavy (non-hydrogen) atoms. The molecule has 0 atom stereocenters. The zero-order valence-electron chi connectivity index (χ0n) is 11.1. The van der Waals surface area contributed by atoms with Gasteiger partial charge in [-0.1, -0.05) is 36.4 Å². The molecule has 2 aromatic rings. The largest absolute Gasteiger partial charge is 0.298 e. The Bertz CT molecular complexity index is 723. The maximum atomic E-state index is 11.6. The van der Waals surface area contributed by atoms with Crippen molar-refractivity contribution in [3.63, 3.8) is 0 Å². The van der Waals surface area contributed by atoms with Gasteiger partial charge in [0.1, 0.15) is 0 Å². The first kappa shape index (κ1) is 12.6. The third kappa shape index (κ3) is 1.95. The van der Waals surface area contributed by atoms with Crippen LogP contribution in [-0.4, -0.2) is 38.9 Å². The molecular formula is C15H17NO2S. The van der Waals surface area contributed by atoms with Gasteiger partial charge in [-0.3, -0.25) is 4.90 Å². The molecule has 4 heteroatoms. The van der Waals surface area contributed by atoms with Crippen LogP contribution in [0.5, 0.6) is 0 Å². The van der Waals surface area contributed by atoms with Gasteiger partial charge in [-0.25, -0.2) is 8.42 Å². The lowest BCUT2D eigenvalue weighted by Crippen LogP contribution is -2.60. The lowest BCUT2D eigenvalue weighted by Gasteiger charge is -2.46. The lowest BCUT2D eigenvalue weighted by molar-refractivity contribution is 0.184. The third-order valence-corrected chi connectivity index (χ3v) is 5.90. The first-order valence-electron chi connectivity index (χ1n) is 6.30. The summed E-state index contributed by atoms with van der Waals surface area (Å²) in [6.45, 7) is 0. The van der Waals surface area contributed by atoms with Gasteiger partial charge in [-0.05, 0) is 36.5 Å². The number of hydrogen-bond acceptors (Lipinski definition) is 3. The number of sulfone groups is 1. The monoisotopic (exact) mass is 275 g/mol. The first-order valence-corrected chi connectivity index (χ1v) is 8.12. The molecule has 100 valence electrons. The molecule has 0 saturated carbocycles. The molecule has 0 N–H and O–H groups in total. The predicted molar refractivity (Wildman–Crippen MR) is 78.0 cm³/mol. The summed E-state index contributed by atoms with van der Waals surface area (Å²) in [6, 6.07) is 14.4. The number of benzene rings is 2. The summed E-state index contributed by atoms with van der Waals surface area (Å²) in [4.78, 5) is 2.03. The Kier molecular flexibility index (Phi) is 2.69. The van der Waals surface area contributed by atoms with E-state index in [9.17, 15) is 8.42 Å². The Balaban J connectivity index is 2.12. The molecule has 1 saturated heterocycles. The summed E-state index contributed by atoms with van der Waals surface area (Å²) in [5.41, 5.74) is 0.731. The van der Waals surface area contributed by atoms with E-state index in [0.717, 1.165) is 10.9 Å². The number of rotatable bonds is 2. The van der Waals surface area contributed by atoms with E-state index in [4.69, 9.17) is 0 Å². The zero-order valence-corrected chi connectivity index (χ0v) is 11.9. The fraction of sp³-hybridized carbons (Fsp3) is 0.333. The van der Waals surface area contributed by atoms with Crippen molar-refractivity contribution >= 4 is 20.6 Å². The maximum absolute atomic E-state index is 11.6. The molecule has 0 amide bonds. The van der Waals surface area contributed by atoms with Crippen molar-refractivity contribution in [3.8, 4) is 0 Å². The van der Waals surface area contributed by atoms with E-state index in [1.807, 2.05) is 31.1 Å². The molecule has 0 aromatic heterocycles. The van der Waals surface area contributed by atoms with Crippen molar-refractivity contribution in [1.29, 1.82) is 0 Å².